The fraction of sp³-hybridized carbons (Fsp3) is 0.231. The van der Waals surface area contributed by atoms with Gasteiger partial charge in [-0.2, -0.15) is 0 Å². The molecule has 1 aliphatic heterocycles. The van der Waals surface area contributed by atoms with E-state index in [0.717, 1.165) is 54.2 Å². The maximum absolute atomic E-state index is 13.1. The summed E-state index contributed by atoms with van der Waals surface area (Å²) in [4.78, 5) is 22.2. The second kappa shape index (κ2) is 9.18. The third kappa shape index (κ3) is 4.62. The summed E-state index contributed by atoms with van der Waals surface area (Å²) in [5.74, 6) is 0.895. The normalized spacial score (nSPS) is 14.7. The van der Waals surface area contributed by atoms with Gasteiger partial charge < -0.3 is 14.4 Å². The quantitative estimate of drug-likeness (QED) is 0.391. The topological polar surface area (TPSA) is 41.4 Å². The summed E-state index contributed by atoms with van der Waals surface area (Å²) in [6.45, 7) is 3.91. The van der Waals surface area contributed by atoms with Gasteiger partial charge in [0, 0.05) is 53.9 Å². The largest absolute Gasteiger partial charge is 0.336 e. The van der Waals surface area contributed by atoms with Gasteiger partial charge in [0.15, 0.2) is 0 Å². The van der Waals surface area contributed by atoms with Gasteiger partial charge in [-0.25, -0.2) is 4.98 Å². The summed E-state index contributed by atoms with van der Waals surface area (Å²) in [5, 5.41) is 1.39. The van der Waals surface area contributed by atoms with Crippen LogP contribution in [0.15, 0.2) is 66.7 Å². The number of hydrogen-bond acceptors (Lipinski definition) is 3. The van der Waals surface area contributed by atoms with E-state index in [0.29, 0.717) is 22.2 Å². The number of halogens is 2. The van der Waals surface area contributed by atoms with Gasteiger partial charge in [0.05, 0.1) is 11.0 Å². The summed E-state index contributed by atoms with van der Waals surface area (Å²) in [6.07, 6.45) is 0. The third-order valence-corrected chi connectivity index (χ3v) is 6.65. The fourth-order valence-corrected chi connectivity index (χ4v) is 4.46. The standard InChI is InChI=1S/C26H24Cl2N4O/c1-30-12-14-31(15-13-30)26(33)20-6-11-24-23(16-20)29-25(19-4-9-22(28)10-5-19)32(24)17-18-2-7-21(27)8-3-18/h2-11,16H,12-15,17H2,1H3. The van der Waals surface area contributed by atoms with Gasteiger partial charge in [-0.15, -0.1) is 0 Å². The number of hydrogen-bond donors (Lipinski definition) is 0. The van der Waals surface area contributed by atoms with Crippen LogP contribution in [-0.4, -0.2) is 58.5 Å². The Kier molecular flexibility index (Phi) is 6.11. The average molecular weight is 479 g/mol. The summed E-state index contributed by atoms with van der Waals surface area (Å²) in [7, 11) is 2.08. The number of carbonyl (C=O) groups is 1. The van der Waals surface area contributed by atoms with Crippen LogP contribution in [0.2, 0.25) is 10.0 Å². The molecule has 1 aliphatic rings. The number of nitrogens with zero attached hydrogens (tertiary/aromatic N) is 4. The fourth-order valence-electron chi connectivity index (χ4n) is 4.21. The molecule has 0 N–H and O–H groups in total. The van der Waals surface area contributed by atoms with Crippen LogP contribution in [0.3, 0.4) is 0 Å². The first-order valence-corrected chi connectivity index (χ1v) is 11.7. The molecule has 3 aromatic carbocycles. The predicted octanol–water partition coefficient (Wildman–Crippen LogP) is 5.45. The molecule has 5 rings (SSSR count). The summed E-state index contributed by atoms with van der Waals surface area (Å²) < 4.78 is 2.17. The molecular weight excluding hydrogens is 455 g/mol. The van der Waals surface area contributed by atoms with E-state index in [2.05, 4.69) is 16.5 Å². The highest BCUT2D eigenvalue weighted by Gasteiger charge is 2.22. The van der Waals surface area contributed by atoms with Crippen molar-refractivity contribution >= 4 is 40.1 Å². The molecule has 2 heterocycles. The highest BCUT2D eigenvalue weighted by Crippen LogP contribution is 2.28. The predicted molar refractivity (Wildman–Crippen MR) is 134 cm³/mol. The Morgan fingerprint density at radius 3 is 2.18 bits per heavy atom. The van der Waals surface area contributed by atoms with Crippen LogP contribution in [0.4, 0.5) is 0 Å². The molecule has 1 fully saturated rings. The number of piperazine rings is 1. The molecule has 0 bridgehead atoms. The summed E-state index contributed by atoms with van der Waals surface area (Å²) in [6, 6.07) is 21.3. The van der Waals surface area contributed by atoms with E-state index in [1.54, 1.807) is 0 Å². The zero-order valence-electron chi connectivity index (χ0n) is 18.3. The van der Waals surface area contributed by atoms with Gasteiger partial charge in [0.25, 0.3) is 5.91 Å². The number of carbonyl (C=O) groups excluding carboxylic acids is 1. The molecule has 0 aliphatic carbocycles. The Balaban J connectivity index is 1.55. The van der Waals surface area contributed by atoms with E-state index in [4.69, 9.17) is 28.2 Å². The minimum atomic E-state index is 0.0605. The first-order chi connectivity index (χ1) is 16.0. The van der Waals surface area contributed by atoms with Crippen LogP contribution < -0.4 is 0 Å². The third-order valence-electron chi connectivity index (χ3n) is 6.14. The lowest BCUT2D eigenvalue weighted by Crippen LogP contribution is -2.47. The number of amides is 1. The van der Waals surface area contributed by atoms with Crippen LogP contribution >= 0.6 is 23.2 Å². The molecule has 1 saturated heterocycles. The lowest BCUT2D eigenvalue weighted by molar-refractivity contribution is 0.0664. The average Bonchev–Trinajstić information content (AvgIpc) is 3.18. The number of rotatable bonds is 4. The monoisotopic (exact) mass is 478 g/mol. The Labute approximate surface area is 203 Å². The zero-order chi connectivity index (χ0) is 22.9. The van der Waals surface area contributed by atoms with Crippen LogP contribution in [0, 0.1) is 0 Å². The second-order valence-corrected chi connectivity index (χ2v) is 9.33. The van der Waals surface area contributed by atoms with Crippen molar-refractivity contribution in [3.8, 4) is 11.4 Å². The van der Waals surface area contributed by atoms with E-state index in [-0.39, 0.29) is 5.91 Å². The summed E-state index contributed by atoms with van der Waals surface area (Å²) >= 11 is 12.2. The van der Waals surface area contributed by atoms with Crippen LogP contribution in [0.25, 0.3) is 22.4 Å². The van der Waals surface area contributed by atoms with Crippen LogP contribution in [-0.2, 0) is 6.54 Å². The Bertz CT molecular complexity index is 1290. The SMILES string of the molecule is CN1CCN(C(=O)c2ccc3c(c2)nc(-c2ccc(Cl)cc2)n3Cc2ccc(Cl)cc2)CC1. The molecule has 0 spiro atoms. The van der Waals surface area contributed by atoms with Gasteiger partial charge in [-0.3, -0.25) is 4.79 Å². The second-order valence-electron chi connectivity index (χ2n) is 8.45. The molecule has 0 radical (unpaired) electrons. The lowest BCUT2D eigenvalue weighted by Gasteiger charge is -2.32. The zero-order valence-corrected chi connectivity index (χ0v) is 19.9. The van der Waals surface area contributed by atoms with Gasteiger partial charge in [0.2, 0.25) is 0 Å². The molecule has 0 unspecified atom stereocenters. The Hall–Kier alpha value is -2.86. The lowest BCUT2D eigenvalue weighted by atomic mass is 10.1. The summed E-state index contributed by atoms with van der Waals surface area (Å²) in [5.41, 5.74) is 4.53. The molecule has 0 atom stereocenters. The molecule has 33 heavy (non-hydrogen) atoms. The number of aromatic nitrogens is 2. The van der Waals surface area contributed by atoms with E-state index in [9.17, 15) is 4.79 Å². The van der Waals surface area contributed by atoms with Crippen molar-refractivity contribution in [1.82, 2.24) is 19.4 Å². The van der Waals surface area contributed by atoms with E-state index >= 15 is 0 Å². The minimum Gasteiger partial charge on any atom is -0.336 e. The maximum Gasteiger partial charge on any atom is 0.254 e. The first-order valence-electron chi connectivity index (χ1n) is 11.0. The van der Waals surface area contributed by atoms with Gasteiger partial charge in [-0.1, -0.05) is 35.3 Å². The molecule has 1 amide bonds. The Morgan fingerprint density at radius 1 is 0.879 bits per heavy atom. The maximum atomic E-state index is 13.1. The molecule has 4 aromatic rings. The number of benzene rings is 3. The molecule has 1 aromatic heterocycles. The van der Waals surface area contributed by atoms with Crippen molar-refractivity contribution < 1.29 is 4.79 Å². The van der Waals surface area contributed by atoms with Crippen molar-refractivity contribution in [2.45, 2.75) is 6.54 Å². The number of likely N-dealkylation sites (N-methyl/N-ethyl adjacent to an activating group) is 1. The van der Waals surface area contributed by atoms with Crippen LogP contribution in [0.5, 0.6) is 0 Å². The highest BCUT2D eigenvalue weighted by molar-refractivity contribution is 6.30. The molecule has 5 nitrogen and oxygen atoms in total. The molecule has 0 saturated carbocycles. The number of imidazole rings is 1. The molecule has 7 heteroatoms. The van der Waals surface area contributed by atoms with Crippen molar-refractivity contribution in [1.29, 1.82) is 0 Å². The number of fused-ring (bicyclic) bond motifs is 1. The minimum absolute atomic E-state index is 0.0605. The van der Waals surface area contributed by atoms with Crippen molar-refractivity contribution in [3.63, 3.8) is 0 Å². The molecular formula is C26H24Cl2N4O. The smallest absolute Gasteiger partial charge is 0.254 e. The van der Waals surface area contributed by atoms with Crippen LogP contribution in [0.1, 0.15) is 15.9 Å². The van der Waals surface area contributed by atoms with E-state index in [1.807, 2.05) is 71.6 Å². The van der Waals surface area contributed by atoms with E-state index < -0.39 is 0 Å². The van der Waals surface area contributed by atoms with Gasteiger partial charge in [0.1, 0.15) is 5.82 Å². The highest BCUT2D eigenvalue weighted by atomic mass is 35.5. The van der Waals surface area contributed by atoms with Crippen molar-refractivity contribution in [2.75, 3.05) is 33.2 Å². The Morgan fingerprint density at radius 2 is 1.52 bits per heavy atom. The molecule has 168 valence electrons. The van der Waals surface area contributed by atoms with Gasteiger partial charge >= 0.3 is 0 Å². The van der Waals surface area contributed by atoms with Gasteiger partial charge in [-0.05, 0) is 67.2 Å². The van der Waals surface area contributed by atoms with Crippen molar-refractivity contribution in [2.24, 2.45) is 0 Å². The van der Waals surface area contributed by atoms with E-state index in [1.165, 1.54) is 0 Å². The van der Waals surface area contributed by atoms with Crippen molar-refractivity contribution in [3.05, 3.63) is 87.9 Å². The first kappa shape index (κ1) is 22.0.